The molecule has 0 bridgehead atoms. The fraction of sp³-hybridized carbons (Fsp3) is 0.643. The summed E-state index contributed by atoms with van der Waals surface area (Å²) in [6.07, 6.45) is 6.20. The van der Waals surface area contributed by atoms with Crippen molar-refractivity contribution in [3.63, 3.8) is 0 Å². The number of aliphatic hydroxyl groups excluding tert-OH is 1. The van der Waals surface area contributed by atoms with Gasteiger partial charge in [0.15, 0.2) is 11.9 Å². The van der Waals surface area contributed by atoms with Gasteiger partial charge in [-0.15, -0.1) is 0 Å². The van der Waals surface area contributed by atoms with Crippen molar-refractivity contribution in [2.45, 2.75) is 58.0 Å². The molecule has 0 fully saturated rings. The number of nitrogens with zero attached hydrogens (tertiary/aromatic N) is 2. The van der Waals surface area contributed by atoms with Crippen LogP contribution in [0.3, 0.4) is 0 Å². The Balaban J connectivity index is 2.36. The van der Waals surface area contributed by atoms with Gasteiger partial charge in [-0.05, 0) is 6.42 Å². The normalized spacial score (nSPS) is 12.3. The highest BCUT2D eigenvalue weighted by Crippen LogP contribution is 2.19. The molecule has 2 N–H and O–H groups in total. The van der Waals surface area contributed by atoms with E-state index in [1.165, 1.54) is 25.7 Å². The molecule has 1 unspecified atom stereocenters. The molecule has 0 aromatic carbocycles. The van der Waals surface area contributed by atoms with Crippen LogP contribution < -0.4 is 0 Å². The van der Waals surface area contributed by atoms with E-state index in [0.29, 0.717) is 12.2 Å². The maximum Gasteiger partial charge on any atom is 0.334 e. The van der Waals surface area contributed by atoms with Gasteiger partial charge in [-0.3, -0.25) is 0 Å². The highest BCUT2D eigenvalue weighted by Gasteiger charge is 2.23. The lowest BCUT2D eigenvalue weighted by Crippen LogP contribution is -2.09. The third kappa shape index (κ3) is 5.13. The number of rotatable bonds is 10. The number of aromatic nitrogens is 2. The zero-order valence-electron chi connectivity index (χ0n) is 11.8. The molecular weight excluding hydrogens is 260 g/mol. The number of carboxylic acid groups (broad SMARTS) is 1. The van der Waals surface area contributed by atoms with Crippen LogP contribution in [0.4, 0.5) is 0 Å². The summed E-state index contributed by atoms with van der Waals surface area (Å²) < 4.78 is 4.86. The summed E-state index contributed by atoms with van der Waals surface area (Å²) in [6, 6.07) is 0. The summed E-state index contributed by atoms with van der Waals surface area (Å²) >= 11 is 0. The number of aliphatic hydroxyl groups is 1. The minimum absolute atomic E-state index is 0.113. The maximum absolute atomic E-state index is 10.7. The van der Waals surface area contributed by atoms with E-state index in [9.17, 15) is 9.90 Å². The number of carboxylic acids is 1. The molecule has 1 rings (SSSR count). The first-order chi connectivity index (χ1) is 9.56. The molecule has 0 aliphatic heterocycles. The summed E-state index contributed by atoms with van der Waals surface area (Å²) in [5.41, 5.74) is -0.375. The van der Waals surface area contributed by atoms with Crippen molar-refractivity contribution in [1.82, 2.24) is 10.1 Å². The number of unbranched alkanes of at least 4 members (excludes halogenated alkanes) is 5. The van der Waals surface area contributed by atoms with Gasteiger partial charge in [0.2, 0.25) is 0 Å². The predicted octanol–water partition coefficient (Wildman–Crippen LogP) is 2.65. The van der Waals surface area contributed by atoms with Gasteiger partial charge in [0.25, 0.3) is 5.89 Å². The minimum Gasteiger partial charge on any atom is -0.478 e. The van der Waals surface area contributed by atoms with Crippen molar-refractivity contribution in [3.05, 3.63) is 23.9 Å². The molecule has 20 heavy (non-hydrogen) atoms. The molecule has 1 atom stereocenters. The third-order valence-corrected chi connectivity index (χ3v) is 3.08. The molecule has 0 saturated carbocycles. The fourth-order valence-electron chi connectivity index (χ4n) is 1.81. The van der Waals surface area contributed by atoms with Crippen molar-refractivity contribution in [1.29, 1.82) is 0 Å². The van der Waals surface area contributed by atoms with Crippen LogP contribution in [0.15, 0.2) is 16.7 Å². The Morgan fingerprint density at radius 3 is 2.60 bits per heavy atom. The van der Waals surface area contributed by atoms with E-state index < -0.39 is 12.1 Å². The van der Waals surface area contributed by atoms with Gasteiger partial charge in [0, 0.05) is 6.42 Å². The highest BCUT2D eigenvalue weighted by atomic mass is 16.5. The summed E-state index contributed by atoms with van der Waals surface area (Å²) in [5, 5.41) is 22.1. The average molecular weight is 282 g/mol. The second-order valence-corrected chi connectivity index (χ2v) is 4.80. The van der Waals surface area contributed by atoms with Crippen LogP contribution in [0, 0.1) is 0 Å². The Morgan fingerprint density at radius 1 is 1.30 bits per heavy atom. The lowest BCUT2D eigenvalue weighted by Gasteiger charge is -2.03. The van der Waals surface area contributed by atoms with Crippen molar-refractivity contribution in [3.8, 4) is 0 Å². The zero-order chi connectivity index (χ0) is 15.0. The van der Waals surface area contributed by atoms with Gasteiger partial charge < -0.3 is 14.7 Å². The number of hydrogen-bond acceptors (Lipinski definition) is 5. The monoisotopic (exact) mass is 282 g/mol. The molecule has 0 saturated heterocycles. The molecule has 0 aliphatic rings. The van der Waals surface area contributed by atoms with Crippen LogP contribution in [0.5, 0.6) is 0 Å². The van der Waals surface area contributed by atoms with E-state index >= 15 is 0 Å². The van der Waals surface area contributed by atoms with Crippen LogP contribution in [0.25, 0.3) is 0 Å². The van der Waals surface area contributed by atoms with E-state index in [2.05, 4.69) is 23.6 Å². The molecule has 0 aliphatic carbocycles. The molecule has 0 radical (unpaired) electrons. The van der Waals surface area contributed by atoms with Gasteiger partial charge in [-0.25, -0.2) is 4.79 Å². The Kier molecular flexibility index (Phi) is 6.93. The SMILES string of the molecule is C=C(C(=O)O)C(O)c1nc(CCCCCCCC)no1. The van der Waals surface area contributed by atoms with Crippen LogP contribution in [0.2, 0.25) is 0 Å². The highest BCUT2D eigenvalue weighted by molar-refractivity contribution is 5.86. The average Bonchev–Trinajstić information content (AvgIpc) is 2.89. The summed E-state index contributed by atoms with van der Waals surface area (Å²) in [5.74, 6) is -0.903. The van der Waals surface area contributed by atoms with Gasteiger partial charge in [-0.2, -0.15) is 4.98 Å². The van der Waals surface area contributed by atoms with Crippen LogP contribution >= 0.6 is 0 Å². The van der Waals surface area contributed by atoms with Crippen LogP contribution in [0.1, 0.15) is 63.3 Å². The molecule has 1 aromatic rings. The first-order valence-electron chi connectivity index (χ1n) is 6.99. The lowest BCUT2D eigenvalue weighted by atomic mass is 10.1. The predicted molar refractivity (Wildman–Crippen MR) is 73.1 cm³/mol. The van der Waals surface area contributed by atoms with E-state index in [-0.39, 0.29) is 11.5 Å². The van der Waals surface area contributed by atoms with Crippen molar-refractivity contribution >= 4 is 5.97 Å². The molecule has 1 heterocycles. The third-order valence-electron chi connectivity index (χ3n) is 3.08. The number of aliphatic carboxylic acids is 1. The van der Waals surface area contributed by atoms with E-state index in [1.807, 2.05) is 0 Å². The summed E-state index contributed by atoms with van der Waals surface area (Å²) in [6.45, 7) is 5.44. The molecule has 6 nitrogen and oxygen atoms in total. The summed E-state index contributed by atoms with van der Waals surface area (Å²) in [4.78, 5) is 14.7. The van der Waals surface area contributed by atoms with Gasteiger partial charge >= 0.3 is 5.97 Å². The zero-order valence-corrected chi connectivity index (χ0v) is 11.8. The topological polar surface area (TPSA) is 96.5 Å². The number of hydrogen-bond donors (Lipinski definition) is 2. The lowest BCUT2D eigenvalue weighted by molar-refractivity contribution is -0.133. The summed E-state index contributed by atoms with van der Waals surface area (Å²) in [7, 11) is 0. The van der Waals surface area contributed by atoms with Gasteiger partial charge in [0.1, 0.15) is 0 Å². The first-order valence-corrected chi connectivity index (χ1v) is 6.99. The molecule has 1 aromatic heterocycles. The Labute approximate surface area is 118 Å². The molecule has 112 valence electrons. The van der Waals surface area contributed by atoms with Crippen molar-refractivity contribution in [2.75, 3.05) is 0 Å². The first kappa shape index (κ1) is 16.4. The van der Waals surface area contributed by atoms with Crippen LogP contribution in [-0.4, -0.2) is 26.3 Å². The Morgan fingerprint density at radius 2 is 1.95 bits per heavy atom. The molecule has 6 heteroatoms. The molecule has 0 spiro atoms. The van der Waals surface area contributed by atoms with E-state index in [1.54, 1.807) is 0 Å². The van der Waals surface area contributed by atoms with Crippen molar-refractivity contribution < 1.29 is 19.5 Å². The van der Waals surface area contributed by atoms with Gasteiger partial charge in [-0.1, -0.05) is 50.8 Å². The second kappa shape index (κ2) is 8.47. The Bertz CT molecular complexity index is 442. The van der Waals surface area contributed by atoms with E-state index in [0.717, 1.165) is 12.8 Å². The van der Waals surface area contributed by atoms with Gasteiger partial charge in [0.05, 0.1) is 5.57 Å². The van der Waals surface area contributed by atoms with Crippen molar-refractivity contribution in [2.24, 2.45) is 0 Å². The van der Waals surface area contributed by atoms with Crippen LogP contribution in [-0.2, 0) is 11.2 Å². The maximum atomic E-state index is 10.7. The fourth-order valence-corrected chi connectivity index (χ4v) is 1.81. The smallest absolute Gasteiger partial charge is 0.334 e. The molecule has 0 amide bonds. The minimum atomic E-state index is -1.45. The Hall–Kier alpha value is -1.69. The largest absolute Gasteiger partial charge is 0.478 e. The standard InChI is InChI=1S/C14H22N2O4/c1-3-4-5-6-7-8-9-11-15-13(20-16-11)12(17)10(2)14(18)19/h12,17H,2-9H2,1H3,(H,18,19). The molecular formula is C14H22N2O4. The number of carbonyl (C=O) groups is 1. The quantitative estimate of drug-likeness (QED) is 0.506. The van der Waals surface area contributed by atoms with E-state index in [4.69, 9.17) is 9.63 Å². The number of aryl methyl sites for hydroxylation is 1. The second-order valence-electron chi connectivity index (χ2n) is 4.80.